The number of likely N-dealkylation sites (tertiary alicyclic amines) is 2. The Morgan fingerprint density at radius 1 is 1.06 bits per heavy atom. The lowest BCUT2D eigenvalue weighted by Crippen LogP contribution is -2.57. The molecule has 4 rings (SSSR count). The predicted molar refractivity (Wildman–Crippen MR) is 132 cm³/mol. The third-order valence-corrected chi connectivity index (χ3v) is 7.93. The Hall–Kier alpha value is -2.41. The summed E-state index contributed by atoms with van der Waals surface area (Å²) in [6.45, 7) is 12.9. The van der Waals surface area contributed by atoms with Crippen LogP contribution in [0.4, 0.5) is 4.79 Å². The van der Waals surface area contributed by atoms with Gasteiger partial charge in [-0.05, 0) is 36.7 Å². The van der Waals surface area contributed by atoms with Crippen LogP contribution in [0.1, 0.15) is 58.4 Å². The molecule has 3 saturated heterocycles. The maximum atomic E-state index is 13.0. The van der Waals surface area contributed by atoms with E-state index in [-0.39, 0.29) is 23.3 Å². The Labute approximate surface area is 204 Å². The van der Waals surface area contributed by atoms with Crippen LogP contribution in [0.2, 0.25) is 0 Å². The summed E-state index contributed by atoms with van der Waals surface area (Å²) in [7, 11) is 1.60. The van der Waals surface area contributed by atoms with Crippen LogP contribution in [0.25, 0.3) is 0 Å². The molecular weight excluding hydrogens is 428 g/mol. The molecule has 1 spiro atoms. The van der Waals surface area contributed by atoms with Crippen molar-refractivity contribution in [3.8, 4) is 0 Å². The maximum Gasteiger partial charge on any atom is 0.327 e. The second-order valence-corrected chi connectivity index (χ2v) is 11.5. The van der Waals surface area contributed by atoms with E-state index in [0.717, 1.165) is 32.7 Å². The van der Waals surface area contributed by atoms with Gasteiger partial charge in [0, 0.05) is 58.7 Å². The molecule has 3 aliphatic heterocycles. The number of urea groups is 1. The fraction of sp³-hybridized carbons (Fsp3) is 0.667. The Bertz CT molecular complexity index is 918. The minimum Gasteiger partial charge on any atom is -0.342 e. The molecule has 0 radical (unpaired) electrons. The molecule has 0 aromatic heterocycles. The van der Waals surface area contributed by atoms with E-state index >= 15 is 0 Å². The van der Waals surface area contributed by atoms with E-state index in [1.165, 1.54) is 10.5 Å². The lowest BCUT2D eigenvalue weighted by Gasteiger charge is -2.42. The molecule has 2 atom stereocenters. The molecule has 2 unspecified atom stereocenters. The van der Waals surface area contributed by atoms with Gasteiger partial charge in [0.2, 0.25) is 5.91 Å². The van der Waals surface area contributed by atoms with Gasteiger partial charge < -0.3 is 14.7 Å². The third-order valence-electron chi connectivity index (χ3n) is 7.93. The van der Waals surface area contributed by atoms with Crippen LogP contribution >= 0.6 is 0 Å². The van der Waals surface area contributed by atoms with Crippen molar-refractivity contribution < 1.29 is 14.4 Å². The van der Waals surface area contributed by atoms with E-state index in [1.54, 1.807) is 11.9 Å². The average molecular weight is 469 g/mol. The van der Waals surface area contributed by atoms with E-state index in [9.17, 15) is 14.4 Å². The summed E-state index contributed by atoms with van der Waals surface area (Å²) in [6, 6.07) is 10.4. The molecule has 7 heteroatoms. The molecule has 34 heavy (non-hydrogen) atoms. The van der Waals surface area contributed by atoms with Crippen molar-refractivity contribution in [2.45, 2.75) is 58.4 Å². The lowest BCUT2D eigenvalue weighted by molar-refractivity contribution is -0.135. The number of carbonyl (C=O) groups excluding carboxylic acids is 3. The molecule has 0 aliphatic carbocycles. The van der Waals surface area contributed by atoms with E-state index in [1.807, 2.05) is 13.0 Å². The number of piperidine rings is 1. The smallest absolute Gasteiger partial charge is 0.327 e. The predicted octanol–water partition coefficient (Wildman–Crippen LogP) is 3.41. The number of imide groups is 1. The summed E-state index contributed by atoms with van der Waals surface area (Å²) >= 11 is 0. The number of rotatable bonds is 5. The zero-order chi connectivity index (χ0) is 24.7. The summed E-state index contributed by atoms with van der Waals surface area (Å²) in [5.41, 5.74) is 0.588. The fourth-order valence-corrected chi connectivity index (χ4v) is 6.14. The normalized spacial score (nSPS) is 25.6. The van der Waals surface area contributed by atoms with Crippen molar-refractivity contribution in [3.63, 3.8) is 0 Å². The third kappa shape index (κ3) is 4.59. The van der Waals surface area contributed by atoms with Gasteiger partial charge in [0.1, 0.15) is 5.54 Å². The van der Waals surface area contributed by atoms with E-state index in [2.05, 4.69) is 54.8 Å². The van der Waals surface area contributed by atoms with Crippen molar-refractivity contribution >= 4 is 17.8 Å². The SMILES string of the molecule is CCN1C(=O)N(C)C(=O)C12CCN(CC1CN(C(=O)CC(C)(C)C)CC1c1ccccc1)CC2. The number of nitrogens with zero attached hydrogens (tertiary/aromatic N) is 4. The molecule has 1 aromatic rings. The van der Waals surface area contributed by atoms with Crippen LogP contribution in [-0.2, 0) is 9.59 Å². The number of amides is 4. The summed E-state index contributed by atoms with van der Waals surface area (Å²) in [4.78, 5) is 46.1. The first kappa shape index (κ1) is 24.7. The maximum absolute atomic E-state index is 13.0. The minimum atomic E-state index is -0.680. The molecule has 0 saturated carbocycles. The first-order valence-electron chi connectivity index (χ1n) is 12.7. The Morgan fingerprint density at radius 3 is 2.29 bits per heavy atom. The molecule has 186 valence electrons. The summed E-state index contributed by atoms with van der Waals surface area (Å²) in [5.74, 6) is 0.853. The number of carbonyl (C=O) groups is 3. The number of likely N-dealkylation sites (N-methyl/N-ethyl adjacent to an activating group) is 2. The highest BCUT2D eigenvalue weighted by Gasteiger charge is 2.56. The first-order chi connectivity index (χ1) is 16.1. The Morgan fingerprint density at radius 2 is 1.71 bits per heavy atom. The topological polar surface area (TPSA) is 64.2 Å². The van der Waals surface area contributed by atoms with E-state index in [0.29, 0.717) is 37.6 Å². The van der Waals surface area contributed by atoms with Crippen LogP contribution in [0.5, 0.6) is 0 Å². The van der Waals surface area contributed by atoms with Crippen molar-refractivity contribution in [3.05, 3.63) is 35.9 Å². The molecule has 3 aliphatic rings. The second-order valence-electron chi connectivity index (χ2n) is 11.5. The van der Waals surface area contributed by atoms with Crippen molar-refractivity contribution in [1.29, 1.82) is 0 Å². The van der Waals surface area contributed by atoms with Gasteiger partial charge >= 0.3 is 6.03 Å². The minimum absolute atomic E-state index is 0.0256. The molecule has 4 amide bonds. The van der Waals surface area contributed by atoms with Crippen molar-refractivity contribution in [2.24, 2.45) is 11.3 Å². The van der Waals surface area contributed by atoms with Crippen LogP contribution in [-0.4, -0.2) is 89.3 Å². The van der Waals surface area contributed by atoms with Gasteiger partial charge in [-0.3, -0.25) is 14.5 Å². The highest BCUT2D eigenvalue weighted by molar-refractivity contribution is 6.06. The number of hydrogen-bond donors (Lipinski definition) is 0. The zero-order valence-corrected chi connectivity index (χ0v) is 21.4. The molecule has 3 fully saturated rings. The van der Waals surface area contributed by atoms with Gasteiger partial charge in [0.05, 0.1) is 0 Å². The van der Waals surface area contributed by atoms with Gasteiger partial charge in [-0.15, -0.1) is 0 Å². The summed E-state index contributed by atoms with van der Waals surface area (Å²) in [6.07, 6.45) is 1.90. The van der Waals surface area contributed by atoms with Gasteiger partial charge in [0.25, 0.3) is 5.91 Å². The molecule has 0 N–H and O–H groups in total. The van der Waals surface area contributed by atoms with E-state index in [4.69, 9.17) is 0 Å². The van der Waals surface area contributed by atoms with Gasteiger partial charge in [-0.25, -0.2) is 4.79 Å². The van der Waals surface area contributed by atoms with Crippen LogP contribution in [0.15, 0.2) is 30.3 Å². The summed E-state index contributed by atoms with van der Waals surface area (Å²) in [5, 5.41) is 0. The Balaban J connectivity index is 1.46. The van der Waals surface area contributed by atoms with Gasteiger partial charge in [-0.1, -0.05) is 51.1 Å². The van der Waals surface area contributed by atoms with Crippen LogP contribution < -0.4 is 0 Å². The largest absolute Gasteiger partial charge is 0.342 e. The van der Waals surface area contributed by atoms with Crippen molar-refractivity contribution in [1.82, 2.24) is 19.6 Å². The molecule has 1 aromatic carbocycles. The molecule has 7 nitrogen and oxygen atoms in total. The molecule has 0 bridgehead atoms. The molecular formula is C27H40N4O3. The zero-order valence-electron chi connectivity index (χ0n) is 21.4. The second kappa shape index (κ2) is 9.33. The van der Waals surface area contributed by atoms with Crippen molar-refractivity contribution in [2.75, 3.05) is 46.3 Å². The standard InChI is InChI=1S/C27H40N4O3/c1-6-31-25(34)28(5)24(33)27(31)12-14-29(15-13-27)17-21-18-30(23(32)16-26(2,3)4)19-22(21)20-10-8-7-9-11-20/h7-11,21-22H,6,12-19H2,1-5H3. The lowest BCUT2D eigenvalue weighted by atomic mass is 9.84. The monoisotopic (exact) mass is 468 g/mol. The highest BCUT2D eigenvalue weighted by atomic mass is 16.2. The summed E-state index contributed by atoms with van der Waals surface area (Å²) < 4.78 is 0. The fourth-order valence-electron chi connectivity index (χ4n) is 6.14. The van der Waals surface area contributed by atoms with E-state index < -0.39 is 5.54 Å². The average Bonchev–Trinajstić information content (AvgIpc) is 3.29. The Kier molecular flexibility index (Phi) is 6.78. The number of benzene rings is 1. The van der Waals surface area contributed by atoms with Crippen LogP contribution in [0.3, 0.4) is 0 Å². The first-order valence-corrected chi connectivity index (χ1v) is 12.7. The number of hydrogen-bond acceptors (Lipinski definition) is 4. The van der Waals surface area contributed by atoms with Crippen LogP contribution in [0, 0.1) is 11.3 Å². The quantitative estimate of drug-likeness (QED) is 0.622. The van der Waals surface area contributed by atoms with Gasteiger partial charge in [0.15, 0.2) is 0 Å². The highest BCUT2D eigenvalue weighted by Crippen LogP contribution is 2.39. The molecule has 3 heterocycles. The van der Waals surface area contributed by atoms with Gasteiger partial charge in [-0.2, -0.15) is 0 Å².